The second-order valence-electron chi connectivity index (χ2n) is 5.33. The highest BCUT2D eigenvalue weighted by molar-refractivity contribution is 4.39. The Morgan fingerprint density at radius 2 is 0.579 bits per heavy atom. The molecule has 0 rings (SSSR count). The van der Waals surface area contributed by atoms with Crippen LogP contribution in [0.1, 0.15) is 105 Å². The Kier molecular flexibility index (Phi) is 38.9. The minimum absolute atomic E-state index is 1.36. The van der Waals surface area contributed by atoms with Crippen molar-refractivity contribution >= 4 is 0 Å². The average molecular weight is 274 g/mol. The van der Waals surface area contributed by atoms with Gasteiger partial charge in [0.25, 0.3) is 0 Å². The molecule has 0 amide bonds. The second kappa shape index (κ2) is 30.8. The van der Waals surface area contributed by atoms with Gasteiger partial charge in [0.1, 0.15) is 0 Å². The number of nitrogens with one attached hydrogen (secondary N) is 1. The zero-order valence-electron chi connectivity index (χ0n) is 15.0. The summed E-state index contributed by atoms with van der Waals surface area (Å²) in [5, 5.41) is 2.75. The summed E-state index contributed by atoms with van der Waals surface area (Å²) in [6.45, 7) is 9.02. The maximum atomic E-state index is 2.75. The molecule has 0 bridgehead atoms. The summed E-state index contributed by atoms with van der Waals surface area (Å²) in [6.07, 6.45) is 17.0. The first kappa shape index (κ1) is 24.0. The van der Waals surface area contributed by atoms with Gasteiger partial charge in [-0.15, -0.1) is 0 Å². The van der Waals surface area contributed by atoms with Crippen LogP contribution >= 0.6 is 0 Å². The molecule has 1 N–H and O–H groups in total. The Hall–Kier alpha value is -0.0400. The lowest BCUT2D eigenvalue weighted by Gasteiger charge is -1.93. The van der Waals surface area contributed by atoms with Gasteiger partial charge in [-0.05, 0) is 14.1 Å². The molecule has 19 heavy (non-hydrogen) atoms. The zero-order valence-corrected chi connectivity index (χ0v) is 15.0. The second-order valence-corrected chi connectivity index (χ2v) is 5.33. The van der Waals surface area contributed by atoms with E-state index in [1.165, 1.54) is 77.0 Å². The van der Waals surface area contributed by atoms with Crippen molar-refractivity contribution in [3.63, 3.8) is 0 Å². The molecule has 0 aliphatic rings. The third-order valence-corrected chi connectivity index (χ3v) is 2.91. The molecule has 0 unspecified atom stereocenters. The van der Waals surface area contributed by atoms with Crippen LogP contribution in [-0.4, -0.2) is 14.1 Å². The molecule has 0 atom stereocenters. The van der Waals surface area contributed by atoms with E-state index in [1.54, 1.807) is 0 Å². The predicted molar refractivity (Wildman–Crippen MR) is 93.1 cm³/mol. The van der Waals surface area contributed by atoms with Gasteiger partial charge in [0.15, 0.2) is 0 Å². The van der Waals surface area contributed by atoms with Crippen LogP contribution in [0.4, 0.5) is 0 Å². The van der Waals surface area contributed by atoms with Crippen LogP contribution in [0.15, 0.2) is 0 Å². The van der Waals surface area contributed by atoms with Crippen molar-refractivity contribution in [2.24, 2.45) is 0 Å². The summed E-state index contributed by atoms with van der Waals surface area (Å²) >= 11 is 0. The van der Waals surface area contributed by atoms with Gasteiger partial charge in [-0.3, -0.25) is 0 Å². The molecule has 0 aliphatic heterocycles. The Balaban J connectivity index is -0.000000224. The minimum Gasteiger partial charge on any atom is -0.323 e. The molecular weight excluding hydrogens is 230 g/mol. The van der Waals surface area contributed by atoms with Crippen LogP contribution in [0.25, 0.3) is 0 Å². The van der Waals surface area contributed by atoms with E-state index in [2.05, 4.69) is 33.0 Å². The van der Waals surface area contributed by atoms with Gasteiger partial charge < -0.3 is 5.32 Å². The molecule has 0 saturated heterocycles. The van der Waals surface area contributed by atoms with E-state index in [0.717, 1.165) is 0 Å². The monoisotopic (exact) mass is 273 g/mol. The van der Waals surface area contributed by atoms with E-state index in [4.69, 9.17) is 0 Å². The maximum absolute atomic E-state index is 2.75. The van der Waals surface area contributed by atoms with Crippen molar-refractivity contribution in [2.75, 3.05) is 14.1 Å². The molecule has 0 aromatic rings. The SMILES string of the molecule is CCCCCCCC.CCCCCCCC.CNC. The molecule has 0 radical (unpaired) electrons. The number of hydrogen-bond donors (Lipinski definition) is 1. The largest absolute Gasteiger partial charge is 0.323 e. The molecule has 0 spiro atoms. The lowest BCUT2D eigenvalue weighted by molar-refractivity contribution is 0.624. The highest BCUT2D eigenvalue weighted by Gasteiger charge is 1.84. The topological polar surface area (TPSA) is 12.0 Å². The maximum Gasteiger partial charge on any atom is -0.0167 e. The molecule has 0 aliphatic carbocycles. The number of rotatable bonds is 10. The molecular formula is C18H43N. The third-order valence-electron chi connectivity index (χ3n) is 2.91. The lowest BCUT2D eigenvalue weighted by atomic mass is 10.1. The molecule has 0 aromatic heterocycles. The minimum atomic E-state index is 1.36. The van der Waals surface area contributed by atoms with Crippen LogP contribution in [0.3, 0.4) is 0 Å². The smallest absolute Gasteiger partial charge is 0.0167 e. The highest BCUT2D eigenvalue weighted by Crippen LogP contribution is 2.03. The lowest BCUT2D eigenvalue weighted by Crippen LogP contribution is -1.89. The normalized spacial score (nSPS) is 9.16. The Morgan fingerprint density at radius 1 is 0.421 bits per heavy atom. The van der Waals surface area contributed by atoms with Gasteiger partial charge in [-0.1, -0.05) is 105 Å². The standard InChI is InChI=1S/2C8H18.C2H7N/c2*1-3-5-7-8-6-4-2;1-3-2/h2*3-8H2,1-2H3;3H,1-2H3. The number of unbranched alkanes of at least 4 members (excludes halogenated alkanes) is 10. The fourth-order valence-corrected chi connectivity index (χ4v) is 1.71. The average Bonchev–Trinajstić information content (AvgIpc) is 2.42. The summed E-state index contributed by atoms with van der Waals surface area (Å²) in [4.78, 5) is 0. The quantitative estimate of drug-likeness (QED) is 0.444. The summed E-state index contributed by atoms with van der Waals surface area (Å²) in [6, 6.07) is 0. The van der Waals surface area contributed by atoms with Crippen LogP contribution < -0.4 is 5.32 Å². The van der Waals surface area contributed by atoms with E-state index in [0.29, 0.717) is 0 Å². The fourth-order valence-electron chi connectivity index (χ4n) is 1.71. The van der Waals surface area contributed by atoms with Crippen molar-refractivity contribution in [3.05, 3.63) is 0 Å². The van der Waals surface area contributed by atoms with Gasteiger partial charge >= 0.3 is 0 Å². The van der Waals surface area contributed by atoms with E-state index in [-0.39, 0.29) is 0 Å². The third kappa shape index (κ3) is 46.1. The molecule has 0 heterocycles. The van der Waals surface area contributed by atoms with Crippen molar-refractivity contribution in [3.8, 4) is 0 Å². The van der Waals surface area contributed by atoms with E-state index in [9.17, 15) is 0 Å². The first-order chi connectivity index (χ1) is 9.24. The van der Waals surface area contributed by atoms with Crippen LogP contribution in [0.5, 0.6) is 0 Å². The van der Waals surface area contributed by atoms with Crippen molar-refractivity contribution < 1.29 is 0 Å². The van der Waals surface area contributed by atoms with Crippen molar-refractivity contribution in [1.82, 2.24) is 5.32 Å². The summed E-state index contributed by atoms with van der Waals surface area (Å²) in [5.41, 5.74) is 0. The van der Waals surface area contributed by atoms with E-state index < -0.39 is 0 Å². The molecule has 0 fully saturated rings. The fraction of sp³-hybridized carbons (Fsp3) is 1.00. The van der Waals surface area contributed by atoms with Gasteiger partial charge in [-0.2, -0.15) is 0 Å². The molecule has 120 valence electrons. The van der Waals surface area contributed by atoms with Crippen LogP contribution in [-0.2, 0) is 0 Å². The van der Waals surface area contributed by atoms with Crippen molar-refractivity contribution in [2.45, 2.75) is 105 Å². The summed E-state index contributed by atoms with van der Waals surface area (Å²) in [5.74, 6) is 0. The Morgan fingerprint density at radius 3 is 0.684 bits per heavy atom. The van der Waals surface area contributed by atoms with E-state index >= 15 is 0 Å². The molecule has 1 nitrogen and oxygen atoms in total. The van der Waals surface area contributed by atoms with Crippen LogP contribution in [0.2, 0.25) is 0 Å². The van der Waals surface area contributed by atoms with Gasteiger partial charge in [0, 0.05) is 0 Å². The molecule has 0 saturated carbocycles. The van der Waals surface area contributed by atoms with E-state index in [1.807, 2.05) is 14.1 Å². The first-order valence-corrected chi connectivity index (χ1v) is 8.83. The number of hydrogen-bond acceptors (Lipinski definition) is 1. The molecule has 1 heteroatoms. The summed E-state index contributed by atoms with van der Waals surface area (Å²) < 4.78 is 0. The van der Waals surface area contributed by atoms with Gasteiger partial charge in [-0.25, -0.2) is 0 Å². The highest BCUT2D eigenvalue weighted by atomic mass is 14.7. The van der Waals surface area contributed by atoms with Crippen molar-refractivity contribution in [1.29, 1.82) is 0 Å². The Labute approximate surface area is 125 Å². The van der Waals surface area contributed by atoms with Crippen LogP contribution in [0, 0.1) is 0 Å². The van der Waals surface area contributed by atoms with Gasteiger partial charge in [0.2, 0.25) is 0 Å². The zero-order chi connectivity index (χ0) is 15.2. The Bertz CT molecular complexity index is 77.9. The first-order valence-electron chi connectivity index (χ1n) is 8.83. The molecule has 0 aromatic carbocycles. The predicted octanol–water partition coefficient (Wildman–Crippen LogP) is 6.57. The van der Waals surface area contributed by atoms with Gasteiger partial charge in [0.05, 0.1) is 0 Å². The summed E-state index contributed by atoms with van der Waals surface area (Å²) in [7, 11) is 3.75.